The molecule has 0 bridgehead atoms. The zero-order chi connectivity index (χ0) is 20.5. The smallest absolute Gasteiger partial charge is 0.193 e. The van der Waals surface area contributed by atoms with Crippen molar-refractivity contribution in [3.63, 3.8) is 0 Å². The molecular weight excluding hydrogens is 495 g/mol. The van der Waals surface area contributed by atoms with Crippen LogP contribution in [0.25, 0.3) is 0 Å². The molecule has 7 nitrogen and oxygen atoms in total. The van der Waals surface area contributed by atoms with Crippen molar-refractivity contribution < 1.29 is 14.2 Å². The minimum Gasteiger partial charge on any atom is -0.379 e. The maximum absolute atomic E-state index is 6.17. The lowest BCUT2D eigenvalue weighted by atomic mass is 10.0. The lowest BCUT2D eigenvalue weighted by molar-refractivity contribution is -0.0721. The van der Waals surface area contributed by atoms with Crippen molar-refractivity contribution in [3.05, 3.63) is 0 Å². The average Bonchev–Trinajstić information content (AvgIpc) is 2.77. The van der Waals surface area contributed by atoms with Crippen LogP contribution in [0, 0.1) is 0 Å². The molecule has 1 unspecified atom stereocenters. The van der Waals surface area contributed by atoms with Crippen LogP contribution in [0.2, 0.25) is 0 Å². The summed E-state index contributed by atoms with van der Waals surface area (Å²) in [5, 5.41) is 3.50. The Hall–Kier alpha value is -0.160. The first-order chi connectivity index (χ1) is 14.1. The highest BCUT2D eigenvalue weighted by molar-refractivity contribution is 14.0. The Morgan fingerprint density at radius 3 is 2.43 bits per heavy atom. The number of likely N-dealkylation sites (tertiary alicyclic amines) is 1. The summed E-state index contributed by atoms with van der Waals surface area (Å²) in [5.41, 5.74) is 0.0475. The molecular formula is C22H43IN4O3. The molecule has 3 saturated heterocycles. The van der Waals surface area contributed by atoms with Gasteiger partial charge in [-0.15, -0.1) is 24.0 Å². The number of rotatable bonds is 7. The number of morpholine rings is 1. The Labute approximate surface area is 200 Å². The molecule has 3 aliphatic heterocycles. The SMILES string of the molecule is CCNC(=NCC(C)(C)N1CCOCC1)N1CCC(OCC2CCCCO2)CC1.I. The van der Waals surface area contributed by atoms with Crippen LogP contribution in [0.3, 0.4) is 0 Å². The number of nitrogens with one attached hydrogen (secondary N) is 1. The van der Waals surface area contributed by atoms with Gasteiger partial charge in [0.25, 0.3) is 0 Å². The van der Waals surface area contributed by atoms with Crippen LogP contribution in [-0.2, 0) is 14.2 Å². The zero-order valence-corrected chi connectivity index (χ0v) is 21.6. The second-order valence-electron chi connectivity index (χ2n) is 9.09. The molecule has 0 spiro atoms. The van der Waals surface area contributed by atoms with E-state index in [4.69, 9.17) is 19.2 Å². The van der Waals surface area contributed by atoms with E-state index in [1.54, 1.807) is 0 Å². The topological polar surface area (TPSA) is 58.6 Å². The second kappa shape index (κ2) is 13.4. The van der Waals surface area contributed by atoms with E-state index in [0.717, 1.165) is 90.9 Å². The van der Waals surface area contributed by atoms with Crippen LogP contribution in [0.1, 0.15) is 52.9 Å². The van der Waals surface area contributed by atoms with Gasteiger partial charge in [-0.25, -0.2) is 0 Å². The average molecular weight is 539 g/mol. The summed E-state index contributed by atoms with van der Waals surface area (Å²) < 4.78 is 17.5. The lowest BCUT2D eigenvalue weighted by Gasteiger charge is -2.40. The summed E-state index contributed by atoms with van der Waals surface area (Å²) in [6.07, 6.45) is 6.40. The molecule has 3 heterocycles. The number of aliphatic imine (C=N–C) groups is 1. The molecule has 0 aromatic heterocycles. The Morgan fingerprint density at radius 2 is 1.80 bits per heavy atom. The van der Waals surface area contributed by atoms with Gasteiger partial charge in [0.1, 0.15) is 0 Å². The largest absolute Gasteiger partial charge is 0.379 e. The lowest BCUT2D eigenvalue weighted by Crippen LogP contribution is -2.53. The highest BCUT2D eigenvalue weighted by atomic mass is 127. The van der Waals surface area contributed by atoms with Crippen molar-refractivity contribution in [2.24, 2.45) is 4.99 Å². The van der Waals surface area contributed by atoms with Gasteiger partial charge in [0.05, 0.1) is 38.6 Å². The minimum atomic E-state index is 0. The van der Waals surface area contributed by atoms with Crippen LogP contribution in [0.15, 0.2) is 4.99 Å². The van der Waals surface area contributed by atoms with Gasteiger partial charge in [-0.05, 0) is 52.9 Å². The van der Waals surface area contributed by atoms with Crippen LogP contribution >= 0.6 is 24.0 Å². The quantitative estimate of drug-likeness (QED) is 0.306. The zero-order valence-electron chi connectivity index (χ0n) is 19.2. The predicted octanol–water partition coefficient (Wildman–Crippen LogP) is 2.73. The first kappa shape index (κ1) is 26.1. The normalized spacial score (nSPS) is 25.1. The van der Waals surface area contributed by atoms with Gasteiger partial charge in [0.2, 0.25) is 0 Å². The number of guanidine groups is 1. The van der Waals surface area contributed by atoms with Gasteiger partial charge in [-0.1, -0.05) is 0 Å². The maximum Gasteiger partial charge on any atom is 0.193 e. The summed E-state index contributed by atoms with van der Waals surface area (Å²) in [6, 6.07) is 0. The van der Waals surface area contributed by atoms with E-state index >= 15 is 0 Å². The summed E-state index contributed by atoms with van der Waals surface area (Å²) >= 11 is 0. The van der Waals surface area contributed by atoms with E-state index in [1.165, 1.54) is 12.8 Å². The Kier molecular flexibility index (Phi) is 11.7. The molecule has 0 aromatic carbocycles. The Bertz CT molecular complexity index is 501. The summed E-state index contributed by atoms with van der Waals surface area (Å²) in [4.78, 5) is 9.91. The van der Waals surface area contributed by atoms with E-state index in [-0.39, 0.29) is 29.5 Å². The standard InChI is InChI=1S/C22H42N4O3.HI/c1-4-23-21(24-18-22(2,3)26-12-15-27-16-13-26)25-10-8-19(9-11-25)29-17-20-7-5-6-14-28-20;/h19-20H,4-18H2,1-3H3,(H,23,24);1H. The fraction of sp³-hybridized carbons (Fsp3) is 0.955. The molecule has 0 aliphatic carbocycles. The van der Waals surface area contributed by atoms with Gasteiger partial charge >= 0.3 is 0 Å². The summed E-state index contributed by atoms with van der Waals surface area (Å²) in [7, 11) is 0. The first-order valence-corrected chi connectivity index (χ1v) is 11.7. The van der Waals surface area contributed by atoms with E-state index in [1.807, 2.05) is 0 Å². The fourth-order valence-electron chi connectivity index (χ4n) is 4.38. The van der Waals surface area contributed by atoms with Gasteiger partial charge < -0.3 is 24.4 Å². The van der Waals surface area contributed by atoms with Crippen molar-refractivity contribution in [1.82, 2.24) is 15.1 Å². The Morgan fingerprint density at radius 1 is 1.07 bits per heavy atom. The maximum atomic E-state index is 6.17. The third kappa shape index (κ3) is 8.07. The number of piperidine rings is 1. The highest BCUT2D eigenvalue weighted by Crippen LogP contribution is 2.19. The fourth-order valence-corrected chi connectivity index (χ4v) is 4.38. The Balaban J connectivity index is 0.00000320. The second-order valence-corrected chi connectivity index (χ2v) is 9.09. The molecule has 3 fully saturated rings. The van der Waals surface area contributed by atoms with E-state index in [0.29, 0.717) is 12.2 Å². The van der Waals surface area contributed by atoms with E-state index in [9.17, 15) is 0 Å². The van der Waals surface area contributed by atoms with Crippen molar-refractivity contribution in [2.75, 3.05) is 65.7 Å². The predicted molar refractivity (Wildman–Crippen MR) is 132 cm³/mol. The molecule has 30 heavy (non-hydrogen) atoms. The molecule has 1 atom stereocenters. The minimum absolute atomic E-state index is 0. The monoisotopic (exact) mass is 538 g/mol. The molecule has 0 aromatic rings. The van der Waals surface area contributed by atoms with Crippen molar-refractivity contribution in [3.8, 4) is 0 Å². The van der Waals surface area contributed by atoms with Crippen LogP contribution in [0.4, 0.5) is 0 Å². The van der Waals surface area contributed by atoms with Crippen LogP contribution in [-0.4, -0.2) is 99.2 Å². The van der Waals surface area contributed by atoms with Gasteiger partial charge in [0, 0.05) is 44.9 Å². The van der Waals surface area contributed by atoms with Crippen molar-refractivity contribution >= 4 is 29.9 Å². The van der Waals surface area contributed by atoms with Gasteiger partial charge in [-0.3, -0.25) is 9.89 Å². The van der Waals surface area contributed by atoms with E-state index in [2.05, 4.69) is 35.9 Å². The molecule has 0 radical (unpaired) electrons. The molecule has 8 heteroatoms. The van der Waals surface area contributed by atoms with Crippen molar-refractivity contribution in [1.29, 1.82) is 0 Å². The summed E-state index contributed by atoms with van der Waals surface area (Å²) in [6.45, 7) is 15.7. The molecule has 0 amide bonds. The number of ether oxygens (including phenoxy) is 3. The van der Waals surface area contributed by atoms with E-state index < -0.39 is 0 Å². The third-order valence-corrected chi connectivity index (χ3v) is 6.35. The highest BCUT2D eigenvalue weighted by Gasteiger charge is 2.29. The molecule has 176 valence electrons. The number of halogens is 1. The van der Waals surface area contributed by atoms with Gasteiger partial charge in [0.15, 0.2) is 5.96 Å². The molecule has 3 rings (SSSR count). The molecule has 0 saturated carbocycles. The van der Waals surface area contributed by atoms with Crippen molar-refractivity contribution in [2.45, 2.75) is 70.6 Å². The number of hydrogen-bond acceptors (Lipinski definition) is 5. The number of hydrogen-bond donors (Lipinski definition) is 1. The molecule has 3 aliphatic rings. The first-order valence-electron chi connectivity index (χ1n) is 11.7. The number of nitrogens with zero attached hydrogens (tertiary/aromatic N) is 3. The third-order valence-electron chi connectivity index (χ3n) is 6.35. The van der Waals surface area contributed by atoms with Crippen LogP contribution in [0.5, 0.6) is 0 Å². The molecule has 1 N–H and O–H groups in total. The van der Waals surface area contributed by atoms with Gasteiger partial charge in [-0.2, -0.15) is 0 Å². The summed E-state index contributed by atoms with van der Waals surface area (Å²) in [5.74, 6) is 1.04. The van der Waals surface area contributed by atoms with Crippen LogP contribution < -0.4 is 5.32 Å².